The topological polar surface area (TPSA) is 59.8 Å². The number of rotatable bonds is 10. The molecule has 1 aliphatic carbocycles. The maximum Gasteiger partial charge on any atom is 0.223 e. The SMILES string of the molecule is CC(CCCC(C(=O)NCc1ccccn1)C1CCCCC1)n1cc(-c2ccccc2)c2cccnc21. The van der Waals surface area contributed by atoms with E-state index in [1.54, 1.807) is 6.20 Å². The van der Waals surface area contributed by atoms with E-state index in [0.29, 0.717) is 18.5 Å². The Kier molecular flexibility index (Phi) is 8.29. The van der Waals surface area contributed by atoms with Gasteiger partial charge in [0, 0.05) is 41.5 Å². The molecule has 0 aliphatic heterocycles. The third-order valence-corrected chi connectivity index (χ3v) is 8.01. The summed E-state index contributed by atoms with van der Waals surface area (Å²) >= 11 is 0. The molecule has 4 aromatic rings. The fraction of sp³-hybridized carbons (Fsp3) is 0.406. The monoisotopic (exact) mass is 494 g/mol. The van der Waals surface area contributed by atoms with Crippen molar-refractivity contribution in [3.05, 3.63) is 84.9 Å². The molecule has 3 aromatic heterocycles. The zero-order chi connectivity index (χ0) is 25.5. The molecule has 5 nitrogen and oxygen atoms in total. The van der Waals surface area contributed by atoms with Gasteiger partial charge in [-0.25, -0.2) is 4.98 Å². The van der Waals surface area contributed by atoms with E-state index in [-0.39, 0.29) is 11.8 Å². The van der Waals surface area contributed by atoms with Crippen LogP contribution in [-0.4, -0.2) is 20.4 Å². The van der Waals surface area contributed by atoms with E-state index in [4.69, 9.17) is 4.98 Å². The molecule has 1 N–H and O–H groups in total. The largest absolute Gasteiger partial charge is 0.350 e. The molecule has 1 fully saturated rings. The van der Waals surface area contributed by atoms with E-state index in [1.807, 2.05) is 30.5 Å². The Bertz CT molecular complexity index is 1280. The average molecular weight is 495 g/mol. The first-order chi connectivity index (χ1) is 18.2. The highest BCUT2D eigenvalue weighted by atomic mass is 16.1. The number of amides is 1. The Morgan fingerprint density at radius 1 is 0.946 bits per heavy atom. The number of carbonyl (C=O) groups excluding carboxylic acids is 1. The van der Waals surface area contributed by atoms with E-state index in [9.17, 15) is 4.79 Å². The van der Waals surface area contributed by atoms with Crippen molar-refractivity contribution >= 4 is 16.9 Å². The summed E-state index contributed by atoms with van der Waals surface area (Å²) in [5, 5.41) is 4.38. The third kappa shape index (κ3) is 6.10. The molecule has 5 heteroatoms. The summed E-state index contributed by atoms with van der Waals surface area (Å²) in [6.45, 7) is 2.78. The van der Waals surface area contributed by atoms with Crippen molar-refractivity contribution in [2.45, 2.75) is 70.9 Å². The van der Waals surface area contributed by atoms with Gasteiger partial charge in [0.15, 0.2) is 0 Å². The molecule has 1 aromatic carbocycles. The third-order valence-electron chi connectivity index (χ3n) is 8.01. The van der Waals surface area contributed by atoms with Crippen molar-refractivity contribution in [2.75, 3.05) is 0 Å². The summed E-state index contributed by atoms with van der Waals surface area (Å²) in [5.41, 5.74) is 4.39. The predicted octanol–water partition coefficient (Wildman–Crippen LogP) is 7.34. The summed E-state index contributed by atoms with van der Waals surface area (Å²) in [6.07, 6.45) is 15.0. The van der Waals surface area contributed by atoms with Gasteiger partial charge in [0.1, 0.15) is 5.65 Å². The lowest BCUT2D eigenvalue weighted by Crippen LogP contribution is -2.35. The van der Waals surface area contributed by atoms with Gasteiger partial charge in [0.2, 0.25) is 5.91 Å². The maximum atomic E-state index is 13.3. The molecule has 1 amide bonds. The predicted molar refractivity (Wildman–Crippen MR) is 150 cm³/mol. The number of carbonyl (C=O) groups is 1. The Morgan fingerprint density at radius 3 is 2.51 bits per heavy atom. The summed E-state index contributed by atoms with van der Waals surface area (Å²) in [4.78, 5) is 22.4. The standard InChI is InChI=1S/C32H38N4O/c1-24(36-23-30(26-15-6-3-7-16-26)29-19-11-21-34-31(29)36)12-10-18-28(25-13-4-2-5-14-25)32(37)35-22-27-17-8-9-20-33-27/h3,6-9,11,15-17,19-21,23-25,28H,2,4-5,10,12-14,18,22H2,1H3,(H,35,37). The van der Waals surface area contributed by atoms with Crippen LogP contribution < -0.4 is 5.32 Å². The molecule has 3 heterocycles. The zero-order valence-electron chi connectivity index (χ0n) is 21.9. The number of fused-ring (bicyclic) bond motifs is 1. The molecule has 37 heavy (non-hydrogen) atoms. The number of benzene rings is 1. The van der Waals surface area contributed by atoms with Crippen LogP contribution in [0.1, 0.15) is 70.0 Å². The van der Waals surface area contributed by atoms with E-state index < -0.39 is 0 Å². The highest BCUT2D eigenvalue weighted by Gasteiger charge is 2.29. The molecule has 5 rings (SSSR count). The van der Waals surface area contributed by atoms with Crippen LogP contribution in [0.2, 0.25) is 0 Å². The van der Waals surface area contributed by atoms with E-state index in [0.717, 1.165) is 30.6 Å². The normalized spacial score (nSPS) is 15.9. The van der Waals surface area contributed by atoms with Gasteiger partial charge in [-0.2, -0.15) is 0 Å². The van der Waals surface area contributed by atoms with E-state index in [2.05, 4.69) is 64.4 Å². The van der Waals surface area contributed by atoms with Crippen molar-refractivity contribution < 1.29 is 4.79 Å². The molecular formula is C32H38N4O. The number of aromatic nitrogens is 3. The average Bonchev–Trinajstić information content (AvgIpc) is 3.35. The Hall–Kier alpha value is -3.47. The minimum atomic E-state index is 0.0793. The molecule has 0 spiro atoms. The van der Waals surface area contributed by atoms with Gasteiger partial charge in [-0.3, -0.25) is 9.78 Å². The van der Waals surface area contributed by atoms with Gasteiger partial charge in [-0.15, -0.1) is 0 Å². The Labute approximate surface area is 220 Å². The molecule has 1 saturated carbocycles. The van der Waals surface area contributed by atoms with E-state index >= 15 is 0 Å². The number of hydrogen-bond acceptors (Lipinski definition) is 3. The molecular weight excluding hydrogens is 456 g/mol. The van der Waals surface area contributed by atoms with Crippen molar-refractivity contribution in [1.82, 2.24) is 19.9 Å². The van der Waals surface area contributed by atoms with Crippen molar-refractivity contribution in [2.24, 2.45) is 11.8 Å². The van der Waals surface area contributed by atoms with Crippen molar-refractivity contribution in [3.63, 3.8) is 0 Å². The molecule has 192 valence electrons. The molecule has 2 atom stereocenters. The smallest absolute Gasteiger partial charge is 0.223 e. The van der Waals surface area contributed by atoms with Crippen LogP contribution in [0.15, 0.2) is 79.3 Å². The quantitative estimate of drug-likeness (QED) is 0.251. The maximum absolute atomic E-state index is 13.3. The van der Waals surface area contributed by atoms with Gasteiger partial charge >= 0.3 is 0 Å². The van der Waals surface area contributed by atoms with Crippen LogP contribution in [0, 0.1) is 11.8 Å². The number of hydrogen-bond donors (Lipinski definition) is 1. The first-order valence-electron chi connectivity index (χ1n) is 13.9. The highest BCUT2D eigenvalue weighted by Crippen LogP contribution is 2.35. The lowest BCUT2D eigenvalue weighted by molar-refractivity contribution is -0.127. The molecule has 2 unspecified atom stereocenters. The Morgan fingerprint density at radius 2 is 1.73 bits per heavy atom. The van der Waals surface area contributed by atoms with Crippen LogP contribution >= 0.6 is 0 Å². The molecule has 0 saturated heterocycles. The second-order valence-corrected chi connectivity index (χ2v) is 10.5. The van der Waals surface area contributed by atoms with Crippen molar-refractivity contribution in [3.8, 4) is 11.1 Å². The zero-order valence-corrected chi connectivity index (χ0v) is 21.9. The molecule has 0 bridgehead atoms. The number of pyridine rings is 2. The van der Waals surface area contributed by atoms with Crippen molar-refractivity contribution in [1.29, 1.82) is 0 Å². The second-order valence-electron chi connectivity index (χ2n) is 10.5. The van der Waals surface area contributed by atoms with Crippen LogP contribution in [-0.2, 0) is 11.3 Å². The minimum absolute atomic E-state index is 0.0793. The van der Waals surface area contributed by atoms with E-state index in [1.165, 1.54) is 48.6 Å². The number of nitrogens with zero attached hydrogens (tertiary/aromatic N) is 3. The van der Waals surface area contributed by atoms with Crippen LogP contribution in [0.25, 0.3) is 22.2 Å². The molecule has 1 aliphatic rings. The van der Waals surface area contributed by atoms with Gasteiger partial charge in [-0.1, -0.05) is 62.1 Å². The first-order valence-corrected chi connectivity index (χ1v) is 13.9. The van der Waals surface area contributed by atoms with Gasteiger partial charge in [0.25, 0.3) is 0 Å². The van der Waals surface area contributed by atoms with Gasteiger partial charge < -0.3 is 9.88 Å². The fourth-order valence-corrected chi connectivity index (χ4v) is 5.97. The molecule has 0 radical (unpaired) electrons. The summed E-state index contributed by atoms with van der Waals surface area (Å²) < 4.78 is 2.33. The minimum Gasteiger partial charge on any atom is -0.350 e. The fourth-order valence-electron chi connectivity index (χ4n) is 5.97. The lowest BCUT2D eigenvalue weighted by atomic mass is 9.77. The van der Waals surface area contributed by atoms with Crippen LogP contribution in [0.5, 0.6) is 0 Å². The summed E-state index contributed by atoms with van der Waals surface area (Å²) in [7, 11) is 0. The van der Waals surface area contributed by atoms with Crippen LogP contribution in [0.3, 0.4) is 0 Å². The van der Waals surface area contributed by atoms with Gasteiger partial charge in [0.05, 0.1) is 12.2 Å². The summed E-state index contributed by atoms with van der Waals surface area (Å²) in [6, 6.07) is 20.9. The van der Waals surface area contributed by atoms with Gasteiger partial charge in [-0.05, 0) is 68.4 Å². The Balaban J connectivity index is 1.26. The highest BCUT2D eigenvalue weighted by molar-refractivity contribution is 5.94. The lowest BCUT2D eigenvalue weighted by Gasteiger charge is -2.30. The summed E-state index contributed by atoms with van der Waals surface area (Å²) in [5.74, 6) is 0.770. The second kappa shape index (κ2) is 12.2. The first kappa shape index (κ1) is 25.2. The van der Waals surface area contributed by atoms with Crippen LogP contribution in [0.4, 0.5) is 0 Å². The number of nitrogens with one attached hydrogen (secondary N) is 1.